The zero-order chi connectivity index (χ0) is 12.1. The monoisotopic (exact) mass is 225 g/mol. The lowest BCUT2D eigenvalue weighted by atomic mass is 9.99. The van der Waals surface area contributed by atoms with Crippen molar-refractivity contribution in [3.63, 3.8) is 0 Å². The fraction of sp³-hybridized carbons (Fsp3) is 0.250. The third kappa shape index (κ3) is 3.10. The van der Waals surface area contributed by atoms with Crippen LogP contribution in [-0.2, 0) is 0 Å². The van der Waals surface area contributed by atoms with Crippen LogP contribution in [0.4, 0.5) is 11.4 Å². The quantitative estimate of drug-likeness (QED) is 0.776. The summed E-state index contributed by atoms with van der Waals surface area (Å²) in [5.74, 6) is 0.640. The average Bonchev–Trinajstić information content (AvgIpc) is 2.40. The lowest BCUT2D eigenvalue weighted by Gasteiger charge is -2.11. The SMILES string of the molecule is CCC(C)c1ccc(Nc2ccccc2)cc1. The first-order chi connectivity index (χ1) is 8.29. The van der Waals surface area contributed by atoms with Gasteiger partial charge in [0, 0.05) is 11.4 Å². The van der Waals surface area contributed by atoms with E-state index in [0.717, 1.165) is 11.4 Å². The Morgan fingerprint density at radius 3 is 2.06 bits per heavy atom. The topological polar surface area (TPSA) is 12.0 Å². The van der Waals surface area contributed by atoms with Crippen molar-refractivity contribution in [2.45, 2.75) is 26.2 Å². The molecule has 2 aromatic carbocycles. The summed E-state index contributed by atoms with van der Waals surface area (Å²) in [5, 5.41) is 3.39. The van der Waals surface area contributed by atoms with Gasteiger partial charge in [-0.25, -0.2) is 0 Å². The fourth-order valence-corrected chi connectivity index (χ4v) is 1.82. The number of nitrogens with one attached hydrogen (secondary N) is 1. The van der Waals surface area contributed by atoms with Crippen molar-refractivity contribution < 1.29 is 0 Å². The maximum absolute atomic E-state index is 3.39. The maximum Gasteiger partial charge on any atom is 0.0384 e. The van der Waals surface area contributed by atoms with Gasteiger partial charge >= 0.3 is 0 Å². The number of para-hydroxylation sites is 1. The summed E-state index contributed by atoms with van der Waals surface area (Å²) in [4.78, 5) is 0. The van der Waals surface area contributed by atoms with Crippen molar-refractivity contribution in [2.75, 3.05) is 5.32 Å². The summed E-state index contributed by atoms with van der Waals surface area (Å²) in [5.41, 5.74) is 3.68. The van der Waals surface area contributed by atoms with Crippen molar-refractivity contribution in [1.82, 2.24) is 0 Å². The van der Waals surface area contributed by atoms with Gasteiger partial charge in [0.05, 0.1) is 0 Å². The molecule has 0 aliphatic carbocycles. The van der Waals surface area contributed by atoms with Crippen molar-refractivity contribution >= 4 is 11.4 Å². The van der Waals surface area contributed by atoms with Crippen molar-refractivity contribution in [1.29, 1.82) is 0 Å². The predicted octanol–water partition coefficient (Wildman–Crippen LogP) is 4.94. The van der Waals surface area contributed by atoms with Crippen LogP contribution in [0, 0.1) is 0 Å². The first kappa shape index (κ1) is 11.7. The molecule has 0 aliphatic rings. The first-order valence-corrected chi connectivity index (χ1v) is 6.21. The summed E-state index contributed by atoms with van der Waals surface area (Å²) in [7, 11) is 0. The van der Waals surface area contributed by atoms with Gasteiger partial charge < -0.3 is 5.32 Å². The molecule has 88 valence electrons. The molecule has 1 nitrogen and oxygen atoms in total. The minimum absolute atomic E-state index is 0.640. The molecule has 0 saturated carbocycles. The third-order valence-corrected chi connectivity index (χ3v) is 3.15. The van der Waals surface area contributed by atoms with E-state index in [-0.39, 0.29) is 0 Å². The summed E-state index contributed by atoms with van der Waals surface area (Å²) in [6.07, 6.45) is 1.19. The van der Waals surface area contributed by atoms with E-state index in [2.05, 4.69) is 55.6 Å². The number of hydrogen-bond acceptors (Lipinski definition) is 1. The van der Waals surface area contributed by atoms with E-state index < -0.39 is 0 Å². The highest BCUT2D eigenvalue weighted by Gasteiger charge is 2.02. The van der Waals surface area contributed by atoms with E-state index >= 15 is 0 Å². The summed E-state index contributed by atoms with van der Waals surface area (Å²) in [6, 6.07) is 19.0. The second-order valence-corrected chi connectivity index (χ2v) is 4.42. The summed E-state index contributed by atoms with van der Waals surface area (Å²) >= 11 is 0. The lowest BCUT2D eigenvalue weighted by Crippen LogP contribution is -1.93. The number of hydrogen-bond donors (Lipinski definition) is 1. The van der Waals surface area contributed by atoms with E-state index in [1.54, 1.807) is 0 Å². The van der Waals surface area contributed by atoms with Crippen molar-refractivity contribution in [3.05, 3.63) is 60.2 Å². The number of rotatable bonds is 4. The van der Waals surface area contributed by atoms with Crippen LogP contribution in [0.3, 0.4) is 0 Å². The van der Waals surface area contributed by atoms with Crippen molar-refractivity contribution in [3.8, 4) is 0 Å². The Morgan fingerprint density at radius 1 is 0.882 bits per heavy atom. The van der Waals surface area contributed by atoms with Crippen LogP contribution in [0.1, 0.15) is 31.7 Å². The molecule has 0 radical (unpaired) electrons. The standard InChI is InChI=1S/C16H19N/c1-3-13(2)14-9-11-16(12-10-14)17-15-7-5-4-6-8-15/h4-13,17H,3H2,1-2H3. The smallest absolute Gasteiger partial charge is 0.0384 e. The number of anilines is 2. The van der Waals surface area contributed by atoms with Gasteiger partial charge in [-0.05, 0) is 42.2 Å². The molecule has 0 heterocycles. The first-order valence-electron chi connectivity index (χ1n) is 6.21. The molecule has 0 fully saturated rings. The Labute approximate surface area is 103 Å². The zero-order valence-corrected chi connectivity index (χ0v) is 10.5. The van der Waals surface area contributed by atoms with E-state index in [9.17, 15) is 0 Å². The molecule has 0 aliphatic heterocycles. The largest absolute Gasteiger partial charge is 0.356 e. The molecule has 0 aromatic heterocycles. The van der Waals surface area contributed by atoms with E-state index in [4.69, 9.17) is 0 Å². The molecule has 0 bridgehead atoms. The van der Waals surface area contributed by atoms with Crippen molar-refractivity contribution in [2.24, 2.45) is 0 Å². The van der Waals surface area contributed by atoms with Crippen LogP contribution < -0.4 is 5.32 Å². The summed E-state index contributed by atoms with van der Waals surface area (Å²) < 4.78 is 0. The van der Waals surface area contributed by atoms with Crippen LogP contribution in [0.25, 0.3) is 0 Å². The molecule has 0 amide bonds. The number of benzene rings is 2. The Hall–Kier alpha value is -1.76. The molecule has 2 aromatic rings. The Balaban J connectivity index is 2.08. The fourth-order valence-electron chi connectivity index (χ4n) is 1.82. The van der Waals surface area contributed by atoms with Gasteiger partial charge in [0.15, 0.2) is 0 Å². The molecular formula is C16H19N. The van der Waals surface area contributed by atoms with Gasteiger partial charge in [-0.2, -0.15) is 0 Å². The van der Waals surface area contributed by atoms with E-state index in [1.807, 2.05) is 18.2 Å². The minimum Gasteiger partial charge on any atom is -0.356 e. The zero-order valence-electron chi connectivity index (χ0n) is 10.5. The highest BCUT2D eigenvalue weighted by Crippen LogP contribution is 2.22. The van der Waals surface area contributed by atoms with Crippen LogP contribution >= 0.6 is 0 Å². The predicted molar refractivity (Wildman–Crippen MR) is 74.9 cm³/mol. The second kappa shape index (κ2) is 5.53. The molecule has 1 atom stereocenters. The Bertz CT molecular complexity index is 445. The van der Waals surface area contributed by atoms with Gasteiger partial charge in [0.25, 0.3) is 0 Å². The highest BCUT2D eigenvalue weighted by atomic mass is 14.9. The van der Waals surface area contributed by atoms with Crippen LogP contribution in [0.15, 0.2) is 54.6 Å². The highest BCUT2D eigenvalue weighted by molar-refractivity contribution is 5.59. The van der Waals surface area contributed by atoms with Gasteiger partial charge in [-0.15, -0.1) is 0 Å². The average molecular weight is 225 g/mol. The molecule has 0 spiro atoms. The lowest BCUT2D eigenvalue weighted by molar-refractivity contribution is 0.734. The normalized spacial score (nSPS) is 12.1. The molecule has 2 rings (SSSR count). The Morgan fingerprint density at radius 2 is 1.47 bits per heavy atom. The van der Waals surface area contributed by atoms with Gasteiger partial charge in [-0.3, -0.25) is 0 Å². The molecule has 0 saturated heterocycles. The minimum atomic E-state index is 0.640. The summed E-state index contributed by atoms with van der Waals surface area (Å²) in [6.45, 7) is 4.49. The van der Waals surface area contributed by atoms with E-state index in [1.165, 1.54) is 12.0 Å². The van der Waals surface area contributed by atoms with Gasteiger partial charge in [0.1, 0.15) is 0 Å². The molecule has 1 unspecified atom stereocenters. The third-order valence-electron chi connectivity index (χ3n) is 3.15. The molecule has 17 heavy (non-hydrogen) atoms. The maximum atomic E-state index is 3.39. The Kier molecular flexibility index (Phi) is 3.81. The molecule has 1 N–H and O–H groups in total. The molecular weight excluding hydrogens is 206 g/mol. The van der Waals surface area contributed by atoms with Crippen LogP contribution in [0.2, 0.25) is 0 Å². The molecule has 1 heteroatoms. The van der Waals surface area contributed by atoms with Crippen LogP contribution in [0.5, 0.6) is 0 Å². The van der Waals surface area contributed by atoms with Gasteiger partial charge in [0.2, 0.25) is 0 Å². The van der Waals surface area contributed by atoms with E-state index in [0.29, 0.717) is 5.92 Å². The second-order valence-electron chi connectivity index (χ2n) is 4.42. The van der Waals surface area contributed by atoms with Gasteiger partial charge in [-0.1, -0.05) is 44.2 Å². The van der Waals surface area contributed by atoms with Crippen LogP contribution in [-0.4, -0.2) is 0 Å².